The predicted molar refractivity (Wildman–Crippen MR) is 302 cm³/mol. The number of ether oxygens (including phenoxy) is 4. The number of nitrogens with zero attached hydrogens (tertiary/aromatic N) is 5. The molecule has 3 atom stereocenters. The van der Waals surface area contributed by atoms with Gasteiger partial charge in [0.1, 0.15) is 29.7 Å². The number of aromatic nitrogens is 2. The fourth-order valence-electron chi connectivity index (χ4n) is 13.3. The Kier molecular flexibility index (Phi) is 14.5. The molecule has 3 N–H and O–H groups in total. The van der Waals surface area contributed by atoms with Gasteiger partial charge in [0.15, 0.2) is 17.2 Å². The van der Waals surface area contributed by atoms with E-state index in [1.165, 1.54) is 30.0 Å². The van der Waals surface area contributed by atoms with E-state index >= 15 is 0 Å². The van der Waals surface area contributed by atoms with Crippen LogP contribution in [0, 0.1) is 26.9 Å². The number of sulfonamides is 1. The first-order chi connectivity index (χ1) is 37.6. The van der Waals surface area contributed by atoms with Gasteiger partial charge in [-0.05, 0) is 150 Å². The van der Waals surface area contributed by atoms with E-state index in [-0.39, 0.29) is 70.3 Å². The number of nitro benzene ring substituents is 1. The van der Waals surface area contributed by atoms with Crippen LogP contribution in [0.3, 0.4) is 0 Å². The van der Waals surface area contributed by atoms with Gasteiger partial charge in [0, 0.05) is 73.6 Å². The maximum absolute atomic E-state index is 14.6. The van der Waals surface area contributed by atoms with Crippen LogP contribution in [-0.2, 0) is 14.8 Å². The number of carbonyl (C=O) groups excluding carboxylic acids is 2. The summed E-state index contributed by atoms with van der Waals surface area (Å²) < 4.78 is 55.9. The molecule has 2 aliphatic carbocycles. The summed E-state index contributed by atoms with van der Waals surface area (Å²) in [6, 6.07) is 20.6. The summed E-state index contributed by atoms with van der Waals surface area (Å²) in [5, 5.41) is 16.6. The molecule has 0 unspecified atom stereocenters. The summed E-state index contributed by atoms with van der Waals surface area (Å²) in [6.07, 6.45) is 11.9. The summed E-state index contributed by atoms with van der Waals surface area (Å²) in [5.74, 6) is 0.0194. The number of anilines is 2. The van der Waals surface area contributed by atoms with Gasteiger partial charge in [-0.25, -0.2) is 17.9 Å². The highest BCUT2D eigenvalue weighted by atomic mass is 32.2. The van der Waals surface area contributed by atoms with Gasteiger partial charge in [-0.15, -0.1) is 0 Å². The Hall–Kier alpha value is -6.60. The van der Waals surface area contributed by atoms with Crippen LogP contribution in [0.4, 0.5) is 21.9 Å². The van der Waals surface area contributed by atoms with Gasteiger partial charge in [-0.2, -0.15) is 4.98 Å². The maximum atomic E-state index is 14.6. The zero-order valence-corrected chi connectivity index (χ0v) is 47.5. The molecule has 3 aromatic carbocycles. The van der Waals surface area contributed by atoms with Crippen molar-refractivity contribution in [1.29, 1.82) is 0 Å². The highest BCUT2D eigenvalue weighted by molar-refractivity contribution is 7.90. The van der Waals surface area contributed by atoms with Crippen molar-refractivity contribution in [3.05, 3.63) is 99.7 Å². The highest BCUT2D eigenvalue weighted by Crippen LogP contribution is 2.55. The number of nitro groups is 1. The Balaban J connectivity index is 0.852. The first-order valence-corrected chi connectivity index (χ1v) is 29.9. The van der Waals surface area contributed by atoms with Crippen LogP contribution in [0.5, 0.6) is 23.1 Å². The molecule has 0 bridgehead atoms. The Morgan fingerprint density at radius 1 is 0.924 bits per heavy atom. The van der Waals surface area contributed by atoms with Crippen molar-refractivity contribution in [1.82, 2.24) is 24.5 Å². The minimum absolute atomic E-state index is 0.0211. The predicted octanol–water partition coefficient (Wildman–Crippen LogP) is 11.9. The molecule has 2 saturated carbocycles. The van der Waals surface area contributed by atoms with Crippen molar-refractivity contribution in [3.63, 3.8) is 0 Å². The van der Waals surface area contributed by atoms with E-state index < -0.39 is 49.2 Å². The third-order valence-corrected chi connectivity index (χ3v) is 19.0. The summed E-state index contributed by atoms with van der Waals surface area (Å²) in [7, 11) is -4.74. The number of likely N-dealkylation sites (tertiary alicyclic amines) is 2. The summed E-state index contributed by atoms with van der Waals surface area (Å²) >= 11 is 0. The fourth-order valence-corrected chi connectivity index (χ4v) is 14.3. The highest BCUT2D eigenvalue weighted by Gasteiger charge is 2.50. The zero-order valence-electron chi connectivity index (χ0n) is 46.6. The Morgan fingerprint density at radius 3 is 2.42 bits per heavy atom. The number of piperidine rings is 1. The number of hydrogen-bond acceptors (Lipinski definition) is 14. The first kappa shape index (κ1) is 54.4. The van der Waals surface area contributed by atoms with E-state index in [0.717, 1.165) is 82.8 Å². The van der Waals surface area contributed by atoms with Crippen molar-refractivity contribution in [2.45, 2.75) is 160 Å². The average molecular weight is 1100 g/mol. The van der Waals surface area contributed by atoms with Gasteiger partial charge in [0.25, 0.3) is 27.5 Å². The molecule has 6 heterocycles. The minimum Gasteiger partial charge on any atom is -0.489 e. The summed E-state index contributed by atoms with van der Waals surface area (Å²) in [4.78, 5) is 53.7. The number of carbonyl (C=O) groups is 2. The number of fused-ring (bicyclic) bond motifs is 2. The van der Waals surface area contributed by atoms with Gasteiger partial charge in [0.05, 0.1) is 28.0 Å². The molecule has 5 aromatic rings. The molecule has 1 spiro atoms. The number of hydrogen-bond donors (Lipinski definition) is 3. The molecule has 4 aliphatic heterocycles. The molecular weight excluding hydrogens is 1020 g/mol. The lowest BCUT2D eigenvalue weighted by Crippen LogP contribution is -2.54. The molecule has 2 amide bonds. The number of aromatic amines is 1. The van der Waals surface area contributed by atoms with Gasteiger partial charge in [-0.3, -0.25) is 19.8 Å². The topological polar surface area (TPSA) is 211 Å². The van der Waals surface area contributed by atoms with Crippen LogP contribution >= 0.6 is 0 Å². The van der Waals surface area contributed by atoms with Crippen molar-refractivity contribution in [2.75, 3.05) is 49.5 Å². The number of nitrogens with one attached hydrogen (secondary N) is 3. The molecule has 3 saturated heterocycles. The van der Waals surface area contributed by atoms with Crippen molar-refractivity contribution < 1.29 is 41.9 Å². The third kappa shape index (κ3) is 11.4. The quantitative estimate of drug-likeness (QED) is 0.0740. The van der Waals surface area contributed by atoms with Crippen LogP contribution < -0.4 is 29.1 Å². The lowest BCUT2D eigenvalue weighted by atomic mass is 9.59. The van der Waals surface area contributed by atoms with Crippen molar-refractivity contribution in [2.24, 2.45) is 16.7 Å². The average Bonchev–Trinajstić information content (AvgIpc) is 4.25. The molecule has 2 aromatic heterocycles. The molecule has 19 heteroatoms. The molecule has 18 nitrogen and oxygen atoms in total. The smallest absolute Gasteiger partial charge is 0.410 e. The Bertz CT molecular complexity index is 3240. The van der Waals surface area contributed by atoms with Crippen LogP contribution in [-0.4, -0.2) is 108 Å². The number of amides is 2. The Labute approximate surface area is 463 Å². The van der Waals surface area contributed by atoms with E-state index in [9.17, 15) is 28.1 Å². The molecule has 11 rings (SSSR count). The molecule has 5 fully saturated rings. The van der Waals surface area contributed by atoms with Gasteiger partial charge < -0.3 is 39.0 Å². The van der Waals surface area contributed by atoms with Crippen LogP contribution in [0.25, 0.3) is 11.0 Å². The normalized spacial score (nSPS) is 22.5. The number of rotatable bonds is 13. The van der Waals surface area contributed by atoms with Gasteiger partial charge >= 0.3 is 6.09 Å². The molecule has 79 heavy (non-hydrogen) atoms. The number of pyridine rings is 1. The first-order valence-electron chi connectivity index (χ1n) is 28.4. The second-order valence-corrected chi connectivity index (χ2v) is 26.9. The van der Waals surface area contributed by atoms with E-state index in [0.29, 0.717) is 42.0 Å². The van der Waals surface area contributed by atoms with Crippen molar-refractivity contribution >= 4 is 50.1 Å². The Morgan fingerprint density at radius 2 is 1.68 bits per heavy atom. The largest absolute Gasteiger partial charge is 0.489 e. The van der Waals surface area contributed by atoms with Crippen LogP contribution in [0.2, 0.25) is 0 Å². The molecule has 6 aliphatic rings. The summed E-state index contributed by atoms with van der Waals surface area (Å²) in [6.45, 7) is 18.0. The minimum atomic E-state index is -4.74. The van der Waals surface area contributed by atoms with Crippen LogP contribution in [0.1, 0.15) is 153 Å². The monoisotopic (exact) mass is 1100 g/mol. The number of H-pyrrole nitrogens is 1. The lowest BCUT2D eigenvalue weighted by Gasteiger charge is -2.56. The summed E-state index contributed by atoms with van der Waals surface area (Å²) in [5.41, 5.74) is 3.57. The molecule has 422 valence electrons. The standard InChI is InChI=1S/C60H76N8O10S/c1-37(2)44-11-8-9-12-45(44)48-13-10-25-67(48)41-33-60(34-41)22-27-65(28-23-60)40-14-15-46(50(30-40)77-52-29-39-18-24-61-54(39)63-56(52)76-42-19-26-66(35-42)57(70)78-58(3,4)5)55(69)64-79(73,74)43-31-49(68(71)72)53-51(32-43)75-36-47(62-53)38-16-20-59(6,7)21-17-38/h8-9,11-12,14-15,18,24,29-32,37-38,41-42,47-48,62H,10,13,16-17,19-23,25-28,33-36H2,1-7H3,(H,61,63)(H,64,69)/t42-,47+,48+/m0/s1. The van der Waals surface area contributed by atoms with E-state index in [1.54, 1.807) is 35.4 Å². The zero-order chi connectivity index (χ0) is 55.6. The van der Waals surface area contributed by atoms with E-state index in [4.69, 9.17) is 23.9 Å². The van der Waals surface area contributed by atoms with Gasteiger partial charge in [-0.1, -0.05) is 52.0 Å². The van der Waals surface area contributed by atoms with E-state index in [2.05, 4.69) is 76.8 Å². The third-order valence-electron chi connectivity index (χ3n) is 17.7. The fraction of sp³-hybridized carbons (Fsp3) is 0.550. The van der Waals surface area contributed by atoms with Crippen molar-refractivity contribution in [3.8, 4) is 23.1 Å². The second-order valence-electron chi connectivity index (χ2n) is 25.2. The maximum Gasteiger partial charge on any atom is 0.410 e. The van der Waals surface area contributed by atoms with E-state index in [1.807, 2.05) is 26.8 Å². The molecular formula is C60H76N8O10S. The SMILES string of the molecule is CC(C)c1ccccc1[C@H]1CCCN1C1CC2(CCN(c3ccc(C(=O)NS(=O)(=O)c4cc5c(c([N+](=O)[O-])c4)N[C@@H](C4CCC(C)(C)CC4)CO5)c(Oc4cc5cc[nH]c5nc4O[C@H]4CCN(C(=O)OC(C)(C)C)C4)c3)CC2)C1. The molecule has 0 radical (unpaired) electrons. The second kappa shape index (κ2) is 21.1. The van der Waals surface area contributed by atoms with Crippen LogP contribution in [0.15, 0.2) is 77.8 Å². The number of benzene rings is 3. The van der Waals surface area contributed by atoms with Gasteiger partial charge in [0.2, 0.25) is 0 Å². The lowest BCUT2D eigenvalue weighted by molar-refractivity contribution is -0.384.